The van der Waals surface area contributed by atoms with Gasteiger partial charge in [0.2, 0.25) is 0 Å². The SMILES string of the molecule is Cc1cccc(-n2ncc3c(N4CCN(c5ccccc5F)CC4)ncnc32)c1. The molecule has 146 valence electrons. The van der Waals surface area contributed by atoms with Gasteiger partial charge in [-0.1, -0.05) is 24.3 Å². The predicted octanol–water partition coefficient (Wildman–Crippen LogP) is 3.59. The van der Waals surface area contributed by atoms with Crippen LogP contribution in [0.25, 0.3) is 16.7 Å². The number of halogens is 1. The molecule has 1 aliphatic rings. The van der Waals surface area contributed by atoms with Crippen LogP contribution in [0.2, 0.25) is 0 Å². The van der Waals surface area contributed by atoms with Gasteiger partial charge in [-0.25, -0.2) is 19.0 Å². The quantitative estimate of drug-likeness (QED) is 0.537. The van der Waals surface area contributed by atoms with Crippen molar-refractivity contribution in [2.24, 2.45) is 0 Å². The van der Waals surface area contributed by atoms with Gasteiger partial charge in [-0.2, -0.15) is 5.10 Å². The molecule has 3 heterocycles. The maximum Gasteiger partial charge on any atom is 0.168 e. The summed E-state index contributed by atoms with van der Waals surface area (Å²) < 4.78 is 16.0. The van der Waals surface area contributed by atoms with Gasteiger partial charge in [0.15, 0.2) is 5.65 Å². The Balaban J connectivity index is 1.43. The Labute approximate surface area is 168 Å². The van der Waals surface area contributed by atoms with Crippen molar-refractivity contribution in [2.45, 2.75) is 6.92 Å². The fourth-order valence-corrected chi connectivity index (χ4v) is 3.90. The van der Waals surface area contributed by atoms with Gasteiger partial charge in [0.25, 0.3) is 0 Å². The van der Waals surface area contributed by atoms with Gasteiger partial charge in [-0.15, -0.1) is 0 Å². The van der Waals surface area contributed by atoms with Crippen LogP contribution in [-0.2, 0) is 0 Å². The molecule has 0 bridgehead atoms. The molecule has 29 heavy (non-hydrogen) atoms. The lowest BCUT2D eigenvalue weighted by molar-refractivity contribution is 0.596. The summed E-state index contributed by atoms with van der Waals surface area (Å²) in [4.78, 5) is 13.3. The van der Waals surface area contributed by atoms with E-state index in [2.05, 4.69) is 43.9 Å². The highest BCUT2D eigenvalue weighted by molar-refractivity contribution is 5.87. The summed E-state index contributed by atoms with van der Waals surface area (Å²) >= 11 is 0. The highest BCUT2D eigenvalue weighted by Gasteiger charge is 2.23. The number of fused-ring (bicyclic) bond motifs is 1. The minimum atomic E-state index is -0.176. The van der Waals surface area contributed by atoms with Crippen LogP contribution in [0, 0.1) is 12.7 Å². The minimum absolute atomic E-state index is 0.176. The average Bonchev–Trinajstić information content (AvgIpc) is 3.19. The normalized spacial score (nSPS) is 14.6. The van der Waals surface area contributed by atoms with Crippen LogP contribution >= 0.6 is 0 Å². The Morgan fingerprint density at radius 2 is 1.69 bits per heavy atom. The Morgan fingerprint density at radius 1 is 0.897 bits per heavy atom. The summed E-state index contributed by atoms with van der Waals surface area (Å²) in [5.41, 5.74) is 3.60. The molecule has 1 aliphatic heterocycles. The Morgan fingerprint density at radius 3 is 2.48 bits per heavy atom. The van der Waals surface area contributed by atoms with E-state index >= 15 is 0 Å². The molecule has 0 aliphatic carbocycles. The minimum Gasteiger partial charge on any atom is -0.366 e. The third kappa shape index (κ3) is 3.18. The van der Waals surface area contributed by atoms with Crippen LogP contribution in [0.1, 0.15) is 5.56 Å². The molecule has 1 saturated heterocycles. The Bertz CT molecular complexity index is 1160. The van der Waals surface area contributed by atoms with Crippen LogP contribution in [0.5, 0.6) is 0 Å². The molecule has 0 radical (unpaired) electrons. The van der Waals surface area contributed by atoms with Crippen molar-refractivity contribution in [3.05, 3.63) is 72.4 Å². The summed E-state index contributed by atoms with van der Waals surface area (Å²) in [6.45, 7) is 5.05. The van der Waals surface area contributed by atoms with E-state index in [9.17, 15) is 4.39 Å². The molecule has 1 fully saturated rings. The fraction of sp³-hybridized carbons (Fsp3) is 0.227. The fourth-order valence-electron chi connectivity index (χ4n) is 3.90. The van der Waals surface area contributed by atoms with Crippen molar-refractivity contribution in [3.8, 4) is 5.69 Å². The lowest BCUT2D eigenvalue weighted by atomic mass is 10.2. The zero-order valence-corrected chi connectivity index (χ0v) is 16.2. The van der Waals surface area contributed by atoms with Crippen LogP contribution < -0.4 is 9.80 Å². The van der Waals surface area contributed by atoms with Gasteiger partial charge in [-0.05, 0) is 36.8 Å². The first kappa shape index (κ1) is 17.6. The van der Waals surface area contributed by atoms with E-state index in [0.29, 0.717) is 5.69 Å². The van der Waals surface area contributed by atoms with Crippen LogP contribution in [0.4, 0.5) is 15.9 Å². The van der Waals surface area contributed by atoms with Crippen molar-refractivity contribution in [1.29, 1.82) is 0 Å². The summed E-state index contributed by atoms with van der Waals surface area (Å²) in [6, 6.07) is 15.1. The standard InChI is InChI=1S/C22H21FN6/c1-16-5-4-6-17(13-16)29-22-18(14-26-29)21(24-15-25-22)28-11-9-27(10-12-28)20-8-3-2-7-19(20)23/h2-8,13-15H,9-12H2,1H3. The lowest BCUT2D eigenvalue weighted by Crippen LogP contribution is -2.47. The maximum atomic E-state index is 14.1. The van der Waals surface area contributed by atoms with E-state index in [1.807, 2.05) is 35.1 Å². The highest BCUT2D eigenvalue weighted by Crippen LogP contribution is 2.27. The summed E-state index contributed by atoms with van der Waals surface area (Å²) in [6.07, 6.45) is 3.42. The third-order valence-electron chi connectivity index (χ3n) is 5.36. The van der Waals surface area contributed by atoms with Crippen molar-refractivity contribution in [1.82, 2.24) is 19.7 Å². The summed E-state index contributed by atoms with van der Waals surface area (Å²) in [7, 11) is 0. The highest BCUT2D eigenvalue weighted by atomic mass is 19.1. The molecule has 7 heteroatoms. The molecule has 0 saturated carbocycles. The van der Waals surface area contributed by atoms with E-state index < -0.39 is 0 Å². The maximum absolute atomic E-state index is 14.1. The van der Waals surface area contributed by atoms with Crippen molar-refractivity contribution >= 4 is 22.5 Å². The topological polar surface area (TPSA) is 50.1 Å². The van der Waals surface area contributed by atoms with E-state index in [4.69, 9.17) is 0 Å². The number of rotatable bonds is 3. The van der Waals surface area contributed by atoms with E-state index in [-0.39, 0.29) is 5.82 Å². The molecular weight excluding hydrogens is 367 g/mol. The van der Waals surface area contributed by atoms with Crippen LogP contribution in [-0.4, -0.2) is 45.9 Å². The molecule has 4 aromatic rings. The van der Waals surface area contributed by atoms with Gasteiger partial charge in [-0.3, -0.25) is 0 Å². The van der Waals surface area contributed by atoms with Gasteiger partial charge < -0.3 is 9.80 Å². The third-order valence-corrected chi connectivity index (χ3v) is 5.36. The lowest BCUT2D eigenvalue weighted by Gasteiger charge is -2.36. The Hall–Kier alpha value is -3.48. The van der Waals surface area contributed by atoms with Gasteiger partial charge in [0.1, 0.15) is 18.0 Å². The monoisotopic (exact) mass is 388 g/mol. The molecule has 0 amide bonds. The molecule has 5 rings (SSSR count). The van der Waals surface area contributed by atoms with Crippen LogP contribution in [0.3, 0.4) is 0 Å². The molecular formula is C22H21FN6. The van der Waals surface area contributed by atoms with Crippen molar-refractivity contribution < 1.29 is 4.39 Å². The van der Waals surface area contributed by atoms with Gasteiger partial charge >= 0.3 is 0 Å². The number of nitrogens with zero attached hydrogens (tertiary/aromatic N) is 6. The number of para-hydroxylation sites is 1. The molecule has 0 N–H and O–H groups in total. The number of benzene rings is 2. The first-order valence-electron chi connectivity index (χ1n) is 9.71. The second kappa shape index (κ2) is 7.16. The first-order chi connectivity index (χ1) is 14.2. The zero-order valence-electron chi connectivity index (χ0n) is 16.2. The van der Waals surface area contributed by atoms with Gasteiger partial charge in [0, 0.05) is 26.2 Å². The second-order valence-electron chi connectivity index (χ2n) is 7.26. The first-order valence-corrected chi connectivity index (χ1v) is 9.71. The van der Waals surface area contributed by atoms with Crippen LogP contribution in [0.15, 0.2) is 61.1 Å². The summed E-state index contributed by atoms with van der Waals surface area (Å²) in [5.74, 6) is 0.701. The Kier molecular flexibility index (Phi) is 4.35. The van der Waals surface area contributed by atoms with Gasteiger partial charge in [0.05, 0.1) is 23.0 Å². The number of anilines is 2. The zero-order chi connectivity index (χ0) is 19.8. The largest absolute Gasteiger partial charge is 0.366 e. The number of aromatic nitrogens is 4. The molecule has 2 aromatic heterocycles. The second-order valence-corrected chi connectivity index (χ2v) is 7.26. The summed E-state index contributed by atoms with van der Waals surface area (Å²) in [5, 5.41) is 5.49. The van der Waals surface area contributed by atoms with E-state index in [1.54, 1.807) is 12.4 Å². The number of hydrogen-bond donors (Lipinski definition) is 0. The van der Waals surface area contributed by atoms with E-state index in [1.165, 1.54) is 11.6 Å². The number of aryl methyl sites for hydroxylation is 1. The smallest absolute Gasteiger partial charge is 0.168 e. The van der Waals surface area contributed by atoms with E-state index in [0.717, 1.165) is 48.7 Å². The molecule has 2 aromatic carbocycles. The average molecular weight is 388 g/mol. The van der Waals surface area contributed by atoms with Crippen molar-refractivity contribution in [2.75, 3.05) is 36.0 Å². The molecule has 0 atom stereocenters. The van der Waals surface area contributed by atoms with Crippen molar-refractivity contribution in [3.63, 3.8) is 0 Å². The molecule has 0 unspecified atom stereocenters. The predicted molar refractivity (Wildman–Crippen MR) is 112 cm³/mol. The molecule has 0 spiro atoms. The molecule has 6 nitrogen and oxygen atoms in total. The number of hydrogen-bond acceptors (Lipinski definition) is 5. The number of piperazine rings is 1.